The quantitative estimate of drug-likeness (QED) is 0.749. The number of hydrogen-bond donors (Lipinski definition) is 3. The van der Waals surface area contributed by atoms with Crippen LogP contribution in [-0.2, 0) is 14.8 Å². The molecule has 1 aliphatic carbocycles. The van der Waals surface area contributed by atoms with E-state index in [1.807, 2.05) is 0 Å². The van der Waals surface area contributed by atoms with Gasteiger partial charge < -0.3 is 11.1 Å². The van der Waals surface area contributed by atoms with Crippen LogP contribution in [0.25, 0.3) is 0 Å². The van der Waals surface area contributed by atoms with Gasteiger partial charge in [-0.3, -0.25) is 9.52 Å². The van der Waals surface area contributed by atoms with Crippen LogP contribution in [0.3, 0.4) is 0 Å². The van der Waals surface area contributed by atoms with Gasteiger partial charge in [0.25, 0.3) is 10.0 Å². The predicted molar refractivity (Wildman–Crippen MR) is 102 cm³/mol. The number of carbonyl (C=O) groups is 1. The molecule has 0 bridgehead atoms. The summed E-state index contributed by atoms with van der Waals surface area (Å²) in [5, 5.41) is 2.82. The molecule has 138 valence electrons. The Balaban J connectivity index is 1.73. The summed E-state index contributed by atoms with van der Waals surface area (Å²) in [5.41, 5.74) is 6.28. The van der Waals surface area contributed by atoms with Crippen LogP contribution in [0.5, 0.6) is 0 Å². The van der Waals surface area contributed by atoms with Crippen molar-refractivity contribution in [3.05, 3.63) is 54.6 Å². The van der Waals surface area contributed by atoms with Crippen molar-refractivity contribution in [3.8, 4) is 0 Å². The number of carbonyl (C=O) groups excluding carboxylic acids is 1. The number of sulfonamides is 1. The standard InChI is InChI=1S/C19H23N3O3S/c20-19(12-5-2-6-13-19)18(23)21-15-8-7-9-16(14-15)22-26(24,25)17-10-3-1-4-11-17/h1,3-4,7-11,14,22H,2,5-6,12-13,20H2,(H,21,23). The fraction of sp³-hybridized carbons (Fsp3) is 0.316. The lowest BCUT2D eigenvalue weighted by atomic mass is 9.82. The Morgan fingerprint density at radius 3 is 2.27 bits per heavy atom. The Morgan fingerprint density at radius 2 is 1.58 bits per heavy atom. The molecule has 2 aromatic carbocycles. The molecule has 1 aliphatic rings. The van der Waals surface area contributed by atoms with Crippen molar-refractivity contribution in [2.24, 2.45) is 5.73 Å². The summed E-state index contributed by atoms with van der Waals surface area (Å²) in [6, 6.07) is 14.7. The smallest absolute Gasteiger partial charge is 0.261 e. The fourth-order valence-electron chi connectivity index (χ4n) is 3.14. The van der Waals surface area contributed by atoms with E-state index in [2.05, 4.69) is 10.0 Å². The molecular formula is C19H23N3O3S. The molecule has 0 unspecified atom stereocenters. The Bertz CT molecular complexity index is 876. The number of nitrogens with one attached hydrogen (secondary N) is 2. The van der Waals surface area contributed by atoms with E-state index in [0.29, 0.717) is 24.2 Å². The van der Waals surface area contributed by atoms with Crippen molar-refractivity contribution in [3.63, 3.8) is 0 Å². The molecule has 26 heavy (non-hydrogen) atoms. The molecule has 0 heterocycles. The van der Waals surface area contributed by atoms with E-state index in [1.165, 1.54) is 12.1 Å². The minimum absolute atomic E-state index is 0.178. The van der Waals surface area contributed by atoms with Crippen molar-refractivity contribution in [1.29, 1.82) is 0 Å². The average Bonchev–Trinajstić information content (AvgIpc) is 2.63. The Hall–Kier alpha value is -2.38. The Labute approximate surface area is 153 Å². The maximum absolute atomic E-state index is 12.5. The topological polar surface area (TPSA) is 101 Å². The molecule has 0 spiro atoms. The van der Waals surface area contributed by atoms with Gasteiger partial charge in [-0.05, 0) is 43.2 Å². The van der Waals surface area contributed by atoms with Crippen LogP contribution in [0, 0.1) is 0 Å². The molecule has 4 N–H and O–H groups in total. The summed E-state index contributed by atoms with van der Waals surface area (Å²) >= 11 is 0. The molecule has 0 atom stereocenters. The summed E-state index contributed by atoms with van der Waals surface area (Å²) in [6.45, 7) is 0. The van der Waals surface area contributed by atoms with Gasteiger partial charge in [-0.25, -0.2) is 8.42 Å². The summed E-state index contributed by atoms with van der Waals surface area (Å²) in [5.74, 6) is -0.222. The number of rotatable bonds is 5. The van der Waals surface area contributed by atoms with Crippen LogP contribution in [0.2, 0.25) is 0 Å². The summed E-state index contributed by atoms with van der Waals surface area (Å²) < 4.78 is 27.4. The lowest BCUT2D eigenvalue weighted by Crippen LogP contribution is -2.52. The third kappa shape index (κ3) is 4.23. The van der Waals surface area contributed by atoms with Gasteiger partial charge in [-0.1, -0.05) is 43.5 Å². The van der Waals surface area contributed by atoms with E-state index in [0.717, 1.165) is 19.3 Å². The second kappa shape index (κ2) is 7.47. The summed E-state index contributed by atoms with van der Waals surface area (Å²) in [6.07, 6.45) is 4.32. The first-order chi connectivity index (χ1) is 12.4. The first-order valence-electron chi connectivity index (χ1n) is 8.67. The Kier molecular flexibility index (Phi) is 5.29. The maximum atomic E-state index is 12.5. The first-order valence-corrected chi connectivity index (χ1v) is 10.2. The second-order valence-electron chi connectivity index (χ2n) is 6.67. The summed E-state index contributed by atoms with van der Waals surface area (Å²) in [4.78, 5) is 12.7. The molecule has 1 saturated carbocycles. The minimum atomic E-state index is -3.68. The predicted octanol–water partition coefficient (Wildman–Crippen LogP) is 3.09. The van der Waals surface area contributed by atoms with Gasteiger partial charge in [0.15, 0.2) is 0 Å². The van der Waals surface area contributed by atoms with Crippen molar-refractivity contribution in [2.45, 2.75) is 42.5 Å². The average molecular weight is 373 g/mol. The van der Waals surface area contributed by atoms with Crippen LogP contribution >= 0.6 is 0 Å². The van der Waals surface area contributed by atoms with Crippen LogP contribution < -0.4 is 15.8 Å². The third-order valence-corrected chi connectivity index (χ3v) is 6.02. The molecular weight excluding hydrogens is 350 g/mol. The van der Waals surface area contributed by atoms with Gasteiger partial charge in [0.05, 0.1) is 16.1 Å². The van der Waals surface area contributed by atoms with Gasteiger partial charge >= 0.3 is 0 Å². The van der Waals surface area contributed by atoms with Gasteiger partial charge in [0.2, 0.25) is 5.91 Å². The highest BCUT2D eigenvalue weighted by molar-refractivity contribution is 7.92. The van der Waals surface area contributed by atoms with E-state index >= 15 is 0 Å². The van der Waals surface area contributed by atoms with Gasteiger partial charge in [0.1, 0.15) is 0 Å². The second-order valence-corrected chi connectivity index (χ2v) is 8.35. The van der Waals surface area contributed by atoms with Crippen molar-refractivity contribution in [2.75, 3.05) is 10.0 Å². The van der Waals surface area contributed by atoms with E-state index in [9.17, 15) is 13.2 Å². The molecule has 2 aromatic rings. The Morgan fingerprint density at radius 1 is 0.923 bits per heavy atom. The van der Waals surface area contributed by atoms with E-state index in [1.54, 1.807) is 42.5 Å². The van der Waals surface area contributed by atoms with Gasteiger partial charge in [0, 0.05) is 5.69 Å². The molecule has 6 nitrogen and oxygen atoms in total. The largest absolute Gasteiger partial charge is 0.324 e. The molecule has 7 heteroatoms. The fourth-order valence-corrected chi connectivity index (χ4v) is 4.21. The molecule has 3 rings (SSSR count). The zero-order valence-corrected chi connectivity index (χ0v) is 15.3. The highest BCUT2D eigenvalue weighted by atomic mass is 32.2. The minimum Gasteiger partial charge on any atom is -0.324 e. The molecule has 1 amide bonds. The van der Waals surface area contributed by atoms with Gasteiger partial charge in [-0.2, -0.15) is 0 Å². The highest BCUT2D eigenvalue weighted by Gasteiger charge is 2.35. The van der Waals surface area contributed by atoms with Crippen LogP contribution in [0.1, 0.15) is 32.1 Å². The van der Waals surface area contributed by atoms with Crippen LogP contribution in [0.4, 0.5) is 11.4 Å². The van der Waals surface area contributed by atoms with E-state index < -0.39 is 15.6 Å². The van der Waals surface area contributed by atoms with E-state index in [4.69, 9.17) is 5.73 Å². The van der Waals surface area contributed by atoms with Crippen LogP contribution in [0.15, 0.2) is 59.5 Å². The number of benzene rings is 2. The van der Waals surface area contributed by atoms with Crippen molar-refractivity contribution >= 4 is 27.3 Å². The molecule has 0 saturated heterocycles. The maximum Gasteiger partial charge on any atom is 0.261 e. The van der Waals surface area contributed by atoms with Gasteiger partial charge in [-0.15, -0.1) is 0 Å². The third-order valence-electron chi connectivity index (χ3n) is 4.62. The highest BCUT2D eigenvalue weighted by Crippen LogP contribution is 2.28. The van der Waals surface area contributed by atoms with Crippen LogP contribution in [-0.4, -0.2) is 19.9 Å². The summed E-state index contributed by atoms with van der Waals surface area (Å²) in [7, 11) is -3.68. The van der Waals surface area contributed by atoms with Crippen molar-refractivity contribution in [1.82, 2.24) is 0 Å². The molecule has 0 aliphatic heterocycles. The number of nitrogens with two attached hydrogens (primary N) is 1. The zero-order chi connectivity index (χ0) is 18.6. The number of anilines is 2. The molecule has 0 radical (unpaired) electrons. The molecule has 1 fully saturated rings. The van der Waals surface area contributed by atoms with Crippen molar-refractivity contribution < 1.29 is 13.2 Å². The lowest BCUT2D eigenvalue weighted by molar-refractivity contribution is -0.122. The SMILES string of the molecule is NC1(C(=O)Nc2cccc(NS(=O)(=O)c3ccccc3)c2)CCCCC1. The number of amides is 1. The zero-order valence-electron chi connectivity index (χ0n) is 14.4. The monoisotopic (exact) mass is 373 g/mol. The normalized spacial score (nSPS) is 16.7. The first kappa shape index (κ1) is 18.4. The van der Waals surface area contributed by atoms with E-state index in [-0.39, 0.29) is 10.8 Å². The number of hydrogen-bond acceptors (Lipinski definition) is 4. The lowest BCUT2D eigenvalue weighted by Gasteiger charge is -2.31. The molecule has 0 aromatic heterocycles.